The Balaban J connectivity index is 1.23. The van der Waals surface area contributed by atoms with Gasteiger partial charge < -0.3 is 89.0 Å². The highest BCUT2D eigenvalue weighted by Gasteiger charge is 2.50. The van der Waals surface area contributed by atoms with E-state index in [1.807, 2.05) is 0 Å². The van der Waals surface area contributed by atoms with Crippen LogP contribution in [0.3, 0.4) is 0 Å². The number of hydrogen-bond acceptors (Lipinski definition) is 19. The Morgan fingerprint density at radius 3 is 2.25 bits per heavy atom. The van der Waals surface area contributed by atoms with Crippen LogP contribution in [-0.2, 0) is 23.7 Å². The van der Waals surface area contributed by atoms with Crippen molar-refractivity contribution in [3.8, 4) is 28.7 Å². The molecule has 0 aliphatic carbocycles. The summed E-state index contributed by atoms with van der Waals surface area (Å²) < 4.78 is 45.6. The number of rotatable bonds is 10. The minimum Gasteiger partial charge on any atom is -0.507 e. The van der Waals surface area contributed by atoms with Crippen molar-refractivity contribution in [3.05, 3.63) is 41.5 Å². The van der Waals surface area contributed by atoms with Crippen molar-refractivity contribution < 1.29 is 93.8 Å². The average molecular weight is 757 g/mol. The van der Waals surface area contributed by atoms with Crippen molar-refractivity contribution in [2.45, 2.75) is 112 Å². The number of benzene rings is 2. The number of carbonyl (C=O) groups is 1. The summed E-state index contributed by atoms with van der Waals surface area (Å²) >= 11 is 0. The summed E-state index contributed by atoms with van der Waals surface area (Å²) in [4.78, 5) is 13.1. The molecule has 53 heavy (non-hydrogen) atoms. The molecule has 2 aromatic rings. The number of ketones is 1. The number of Topliss-reactive ketones (excluding diaryl/α,β-unsaturated/α-hetero) is 1. The van der Waals surface area contributed by atoms with E-state index < -0.39 is 117 Å². The van der Waals surface area contributed by atoms with Crippen LogP contribution in [0, 0.1) is 0 Å². The van der Waals surface area contributed by atoms with Gasteiger partial charge in [-0.2, -0.15) is 0 Å². The first kappa shape index (κ1) is 39.3. The molecule has 3 saturated heterocycles. The molecule has 4 aliphatic rings. The molecule has 6 rings (SSSR count). The van der Waals surface area contributed by atoms with E-state index in [9.17, 15) is 55.9 Å². The summed E-state index contributed by atoms with van der Waals surface area (Å²) in [6.07, 6.45) is -22.3. The maximum atomic E-state index is 13.1. The number of phenolic OH excluding ortho intramolecular Hbond substituents is 2. The van der Waals surface area contributed by atoms with Crippen LogP contribution in [0.5, 0.6) is 28.7 Å². The zero-order chi connectivity index (χ0) is 38.3. The third-order valence-electron chi connectivity index (χ3n) is 9.70. The predicted octanol–water partition coefficient (Wildman–Crippen LogP) is -2.30. The number of hydrogen-bond donors (Lipinski definition) is 10. The highest BCUT2D eigenvalue weighted by molar-refractivity contribution is 6.02. The van der Waals surface area contributed by atoms with E-state index in [2.05, 4.69) is 0 Å². The molecular weight excluding hydrogens is 712 g/mol. The lowest BCUT2D eigenvalue weighted by atomic mass is 9.95. The molecule has 3 fully saturated rings. The van der Waals surface area contributed by atoms with Gasteiger partial charge in [-0.1, -0.05) is 6.07 Å². The van der Waals surface area contributed by atoms with E-state index in [1.165, 1.54) is 32.2 Å². The van der Waals surface area contributed by atoms with Crippen LogP contribution in [0.15, 0.2) is 30.3 Å². The quantitative estimate of drug-likeness (QED) is 0.122. The number of aromatic hydroxyl groups is 2. The van der Waals surface area contributed by atoms with Gasteiger partial charge >= 0.3 is 0 Å². The molecule has 2 aromatic carbocycles. The molecular formula is C34H44O19. The zero-order valence-electron chi connectivity index (χ0n) is 28.5. The van der Waals surface area contributed by atoms with Crippen LogP contribution in [0.2, 0.25) is 0 Å². The second-order valence-electron chi connectivity index (χ2n) is 13.3. The Hall–Kier alpha value is -3.41. The molecule has 15 atom stereocenters. The fourth-order valence-electron chi connectivity index (χ4n) is 6.69. The highest BCUT2D eigenvalue weighted by atomic mass is 16.7. The van der Waals surface area contributed by atoms with Crippen LogP contribution in [0.4, 0.5) is 0 Å². The van der Waals surface area contributed by atoms with E-state index in [-0.39, 0.29) is 41.4 Å². The van der Waals surface area contributed by atoms with Crippen LogP contribution >= 0.6 is 0 Å². The second kappa shape index (κ2) is 16.1. The summed E-state index contributed by atoms with van der Waals surface area (Å²) in [6.45, 7) is 0.202. The number of aliphatic hydroxyl groups is 8. The fourth-order valence-corrected chi connectivity index (χ4v) is 6.69. The topological polar surface area (TPSA) is 293 Å². The molecule has 0 aromatic heterocycles. The Bertz CT molecular complexity index is 1590. The maximum Gasteiger partial charge on any atom is 0.229 e. The predicted molar refractivity (Wildman–Crippen MR) is 172 cm³/mol. The monoisotopic (exact) mass is 756 g/mol. The van der Waals surface area contributed by atoms with Crippen molar-refractivity contribution >= 4 is 5.78 Å². The van der Waals surface area contributed by atoms with E-state index in [4.69, 9.17) is 37.9 Å². The minimum absolute atomic E-state index is 0.0876. The standard InChI is InChI=1S/C34H44O19/c1-12-26(40)28(42)30(44)33(48-12)47-11-23-32(53-24-9-18(39)27(41)22(10-35)51-24)29(43)31(45)34(52-23)49-14-6-16(37)25-17(38)8-20(50-21(25)7-14)13-3-4-19(46-2)15(36)5-13/h3-7,12,18,20,22-24,26-37,39-45H,8-11H2,1-2H3/t12?,18-,20?,22?,23?,24+,26-,27-,28-,29-,30?,31?,32+,33+,34+/m0/s1. The summed E-state index contributed by atoms with van der Waals surface area (Å²) in [5, 5.41) is 104. The van der Waals surface area contributed by atoms with Gasteiger partial charge in [0.05, 0.1) is 39.0 Å². The Kier molecular flexibility index (Phi) is 12.0. The summed E-state index contributed by atoms with van der Waals surface area (Å²) in [5.74, 6) is -1.22. The number of carbonyl (C=O) groups excluding carboxylic acids is 1. The Labute approximate surface area is 302 Å². The second-order valence-corrected chi connectivity index (χ2v) is 13.3. The summed E-state index contributed by atoms with van der Waals surface area (Å²) in [6, 6.07) is 6.81. The highest BCUT2D eigenvalue weighted by Crippen LogP contribution is 2.44. The molecule has 0 saturated carbocycles. The number of phenols is 2. The smallest absolute Gasteiger partial charge is 0.229 e. The molecule has 0 radical (unpaired) electrons. The van der Waals surface area contributed by atoms with Gasteiger partial charge in [-0.15, -0.1) is 0 Å². The van der Waals surface area contributed by atoms with Crippen molar-refractivity contribution in [3.63, 3.8) is 0 Å². The lowest BCUT2D eigenvalue weighted by Crippen LogP contribution is -2.63. The molecule has 294 valence electrons. The average Bonchev–Trinajstić information content (AvgIpc) is 3.12. The Morgan fingerprint density at radius 2 is 1.55 bits per heavy atom. The zero-order valence-corrected chi connectivity index (χ0v) is 28.5. The molecule has 0 amide bonds. The normalized spacial score (nSPS) is 38.8. The van der Waals surface area contributed by atoms with Crippen molar-refractivity contribution in [1.82, 2.24) is 0 Å². The third-order valence-corrected chi connectivity index (χ3v) is 9.70. The summed E-state index contributed by atoms with van der Waals surface area (Å²) in [5.41, 5.74) is 0.304. The van der Waals surface area contributed by atoms with Gasteiger partial charge in [0.25, 0.3) is 0 Å². The van der Waals surface area contributed by atoms with Gasteiger partial charge in [0, 0.05) is 18.6 Å². The van der Waals surface area contributed by atoms with Crippen molar-refractivity contribution in [2.24, 2.45) is 0 Å². The van der Waals surface area contributed by atoms with Crippen LogP contribution < -0.4 is 14.2 Å². The fraction of sp³-hybridized carbons (Fsp3) is 0.618. The van der Waals surface area contributed by atoms with Gasteiger partial charge in [0.1, 0.15) is 83.9 Å². The van der Waals surface area contributed by atoms with E-state index in [1.54, 1.807) is 6.07 Å². The first-order chi connectivity index (χ1) is 25.2. The molecule has 10 N–H and O–H groups in total. The van der Waals surface area contributed by atoms with Gasteiger partial charge in [0.2, 0.25) is 6.29 Å². The summed E-state index contributed by atoms with van der Waals surface area (Å²) in [7, 11) is 1.38. The van der Waals surface area contributed by atoms with Gasteiger partial charge in [-0.05, 0) is 24.6 Å². The van der Waals surface area contributed by atoms with Gasteiger partial charge in [-0.25, -0.2) is 0 Å². The molecule has 19 nitrogen and oxygen atoms in total. The SMILES string of the molecule is COc1ccc(C2CC(=O)c3c(O)cc(O[C@@H]4OC(CO[C@@H]5OC(C)[C@H](O)[C@H](O)C5O)[C@@H](O[C@@H]5C[C@H](O)[C@H](O)C(CO)O5)[C@@H](O)C4O)cc3O2)cc1O. The van der Waals surface area contributed by atoms with Crippen LogP contribution in [-0.4, -0.2) is 163 Å². The minimum atomic E-state index is -1.87. The van der Waals surface area contributed by atoms with E-state index in [0.29, 0.717) is 5.56 Å². The first-order valence-corrected chi connectivity index (χ1v) is 16.9. The van der Waals surface area contributed by atoms with Crippen LogP contribution in [0.1, 0.15) is 41.8 Å². The van der Waals surface area contributed by atoms with E-state index in [0.717, 1.165) is 6.07 Å². The molecule has 4 heterocycles. The third kappa shape index (κ3) is 8.03. The lowest BCUT2D eigenvalue weighted by molar-refractivity contribution is -0.345. The largest absolute Gasteiger partial charge is 0.507 e. The number of aliphatic hydroxyl groups excluding tert-OH is 8. The number of methoxy groups -OCH3 is 1. The van der Waals surface area contributed by atoms with Gasteiger partial charge in [0.15, 0.2) is 29.9 Å². The molecule has 0 spiro atoms. The molecule has 4 aliphatic heterocycles. The first-order valence-electron chi connectivity index (χ1n) is 16.9. The van der Waals surface area contributed by atoms with Crippen molar-refractivity contribution in [1.29, 1.82) is 0 Å². The lowest BCUT2D eigenvalue weighted by Gasteiger charge is -2.45. The molecule has 19 heteroatoms. The van der Waals surface area contributed by atoms with E-state index >= 15 is 0 Å². The van der Waals surface area contributed by atoms with Gasteiger partial charge in [-0.3, -0.25) is 4.79 Å². The molecule has 0 bridgehead atoms. The van der Waals surface area contributed by atoms with Crippen LogP contribution in [0.25, 0.3) is 0 Å². The number of fused-ring (bicyclic) bond motifs is 1. The maximum absolute atomic E-state index is 13.1. The Morgan fingerprint density at radius 1 is 0.811 bits per heavy atom. The number of ether oxygens (including phenoxy) is 8. The molecule has 6 unspecified atom stereocenters. The van der Waals surface area contributed by atoms with Crippen molar-refractivity contribution in [2.75, 3.05) is 20.3 Å².